The van der Waals surface area contributed by atoms with E-state index in [0.29, 0.717) is 6.04 Å². The molecule has 1 aromatic rings. The predicted molar refractivity (Wildman–Crippen MR) is 66.2 cm³/mol. The molecule has 0 saturated heterocycles. The molecule has 0 aliphatic heterocycles. The van der Waals surface area contributed by atoms with Crippen molar-refractivity contribution in [3.05, 3.63) is 24.3 Å². The van der Waals surface area contributed by atoms with Gasteiger partial charge in [-0.1, -0.05) is 19.8 Å². The van der Waals surface area contributed by atoms with Gasteiger partial charge in [0.15, 0.2) is 0 Å². The molecule has 3 heteroatoms. The van der Waals surface area contributed by atoms with E-state index in [1.165, 1.54) is 25.1 Å². The van der Waals surface area contributed by atoms with Crippen molar-refractivity contribution < 1.29 is 4.39 Å². The lowest BCUT2D eigenvalue weighted by Gasteiger charge is -2.28. The third-order valence-corrected chi connectivity index (χ3v) is 2.67. The first-order valence-corrected chi connectivity index (χ1v) is 6.03. The summed E-state index contributed by atoms with van der Waals surface area (Å²) >= 11 is 0. The van der Waals surface area contributed by atoms with Crippen LogP contribution < -0.4 is 4.90 Å². The average Bonchev–Trinajstić information content (AvgIpc) is 2.24. The highest BCUT2D eigenvalue weighted by atomic mass is 19.1. The van der Waals surface area contributed by atoms with E-state index in [1.54, 1.807) is 0 Å². The minimum Gasteiger partial charge on any atom is -0.369 e. The van der Waals surface area contributed by atoms with Crippen LogP contribution in [0.25, 0.3) is 0 Å². The van der Waals surface area contributed by atoms with Crippen LogP contribution >= 0.6 is 0 Å². The molecule has 0 aromatic carbocycles. The fourth-order valence-corrected chi connectivity index (χ4v) is 1.79. The number of unbranched alkanes of at least 4 members (excludes halogenated alkanes) is 2. The number of rotatable bonds is 6. The van der Waals surface area contributed by atoms with Gasteiger partial charge in [0.25, 0.3) is 0 Å². The Kier molecular flexibility index (Phi) is 5.23. The number of anilines is 1. The standard InChI is InChI=1S/C13H21FN2/c1-4-5-6-9-16(11(2)3)12-7-8-15-13(14)10-12/h7-8,10-11H,4-6,9H2,1-3H3. The van der Waals surface area contributed by atoms with Gasteiger partial charge >= 0.3 is 0 Å². The zero-order valence-corrected chi connectivity index (χ0v) is 10.4. The maximum absolute atomic E-state index is 13.0. The van der Waals surface area contributed by atoms with Crippen molar-refractivity contribution in [1.29, 1.82) is 0 Å². The highest BCUT2D eigenvalue weighted by Gasteiger charge is 2.10. The Hall–Kier alpha value is -1.12. The molecule has 0 aliphatic rings. The van der Waals surface area contributed by atoms with Gasteiger partial charge in [0, 0.05) is 30.5 Å². The maximum atomic E-state index is 13.0. The average molecular weight is 224 g/mol. The van der Waals surface area contributed by atoms with Gasteiger partial charge < -0.3 is 4.90 Å². The van der Waals surface area contributed by atoms with Crippen molar-refractivity contribution in [2.75, 3.05) is 11.4 Å². The molecule has 0 N–H and O–H groups in total. The Labute approximate surface area is 97.5 Å². The van der Waals surface area contributed by atoms with Gasteiger partial charge in [-0.2, -0.15) is 4.39 Å². The summed E-state index contributed by atoms with van der Waals surface area (Å²) in [5, 5.41) is 0. The van der Waals surface area contributed by atoms with Crippen molar-refractivity contribution in [2.24, 2.45) is 0 Å². The fraction of sp³-hybridized carbons (Fsp3) is 0.615. The molecule has 0 spiro atoms. The monoisotopic (exact) mass is 224 g/mol. The predicted octanol–water partition coefficient (Wildman–Crippen LogP) is 3.63. The summed E-state index contributed by atoms with van der Waals surface area (Å²) in [7, 11) is 0. The van der Waals surface area contributed by atoms with Crippen LogP contribution in [0.15, 0.2) is 18.3 Å². The summed E-state index contributed by atoms with van der Waals surface area (Å²) in [6, 6.07) is 3.76. The van der Waals surface area contributed by atoms with E-state index in [-0.39, 0.29) is 0 Å². The minimum absolute atomic E-state index is 0.388. The molecule has 0 saturated carbocycles. The third kappa shape index (κ3) is 3.80. The lowest BCUT2D eigenvalue weighted by molar-refractivity contribution is 0.577. The first-order chi connectivity index (χ1) is 7.65. The highest BCUT2D eigenvalue weighted by Crippen LogP contribution is 2.17. The Bertz CT molecular complexity index is 313. The quantitative estimate of drug-likeness (QED) is 0.542. The van der Waals surface area contributed by atoms with Crippen molar-refractivity contribution in [2.45, 2.75) is 46.1 Å². The summed E-state index contributed by atoms with van der Waals surface area (Å²) in [5.74, 6) is -0.404. The van der Waals surface area contributed by atoms with Gasteiger partial charge in [0.2, 0.25) is 5.95 Å². The second kappa shape index (κ2) is 6.46. The van der Waals surface area contributed by atoms with Crippen LogP contribution in [0, 0.1) is 5.95 Å². The zero-order chi connectivity index (χ0) is 12.0. The van der Waals surface area contributed by atoms with Crippen LogP contribution in [0.5, 0.6) is 0 Å². The van der Waals surface area contributed by atoms with Gasteiger partial charge in [-0.05, 0) is 26.3 Å². The van der Waals surface area contributed by atoms with Gasteiger partial charge in [0.05, 0.1) is 0 Å². The fourth-order valence-electron chi connectivity index (χ4n) is 1.79. The molecular formula is C13H21FN2. The van der Waals surface area contributed by atoms with E-state index in [2.05, 4.69) is 30.7 Å². The zero-order valence-electron chi connectivity index (χ0n) is 10.4. The van der Waals surface area contributed by atoms with Crippen LogP contribution in [-0.4, -0.2) is 17.6 Å². The number of hydrogen-bond donors (Lipinski definition) is 0. The third-order valence-electron chi connectivity index (χ3n) is 2.67. The number of pyridine rings is 1. The second-order valence-corrected chi connectivity index (χ2v) is 4.33. The summed E-state index contributed by atoms with van der Waals surface area (Å²) in [5.41, 5.74) is 0.929. The number of aromatic nitrogens is 1. The van der Waals surface area contributed by atoms with Gasteiger partial charge in [-0.3, -0.25) is 0 Å². The van der Waals surface area contributed by atoms with E-state index in [4.69, 9.17) is 0 Å². The summed E-state index contributed by atoms with van der Waals surface area (Å²) in [4.78, 5) is 5.81. The summed E-state index contributed by atoms with van der Waals surface area (Å²) < 4.78 is 13.0. The van der Waals surface area contributed by atoms with Crippen LogP contribution in [-0.2, 0) is 0 Å². The lowest BCUT2D eigenvalue weighted by atomic mass is 10.2. The molecule has 1 heterocycles. The number of hydrogen-bond acceptors (Lipinski definition) is 2. The first-order valence-electron chi connectivity index (χ1n) is 6.03. The van der Waals surface area contributed by atoms with Crippen molar-refractivity contribution in [1.82, 2.24) is 4.98 Å². The van der Waals surface area contributed by atoms with Crippen LogP contribution in [0.2, 0.25) is 0 Å². The van der Waals surface area contributed by atoms with Gasteiger partial charge in [-0.25, -0.2) is 4.98 Å². The van der Waals surface area contributed by atoms with E-state index in [9.17, 15) is 4.39 Å². The molecule has 1 aromatic heterocycles. The molecule has 0 radical (unpaired) electrons. The molecular weight excluding hydrogens is 203 g/mol. The first kappa shape index (κ1) is 12.9. The Morgan fingerprint density at radius 3 is 2.69 bits per heavy atom. The largest absolute Gasteiger partial charge is 0.369 e. The normalized spacial score (nSPS) is 10.8. The SMILES string of the molecule is CCCCCN(c1ccnc(F)c1)C(C)C. The lowest BCUT2D eigenvalue weighted by Crippen LogP contribution is -2.31. The topological polar surface area (TPSA) is 16.1 Å². The smallest absolute Gasteiger partial charge is 0.214 e. The highest BCUT2D eigenvalue weighted by molar-refractivity contribution is 5.45. The van der Waals surface area contributed by atoms with Crippen molar-refractivity contribution in [3.8, 4) is 0 Å². The van der Waals surface area contributed by atoms with Crippen LogP contribution in [0.1, 0.15) is 40.0 Å². The van der Waals surface area contributed by atoms with E-state index < -0.39 is 5.95 Å². The van der Waals surface area contributed by atoms with Crippen molar-refractivity contribution >= 4 is 5.69 Å². The van der Waals surface area contributed by atoms with Gasteiger partial charge in [0.1, 0.15) is 0 Å². The molecule has 0 unspecified atom stereocenters. The molecule has 0 aliphatic carbocycles. The Morgan fingerprint density at radius 1 is 1.38 bits per heavy atom. The van der Waals surface area contributed by atoms with Gasteiger partial charge in [-0.15, -0.1) is 0 Å². The molecule has 0 fully saturated rings. The number of nitrogens with zero attached hydrogens (tertiary/aromatic N) is 2. The maximum Gasteiger partial charge on any atom is 0.214 e. The summed E-state index contributed by atoms with van der Waals surface area (Å²) in [6.45, 7) is 7.43. The van der Waals surface area contributed by atoms with Crippen LogP contribution in [0.3, 0.4) is 0 Å². The van der Waals surface area contributed by atoms with E-state index in [1.807, 2.05) is 6.07 Å². The Morgan fingerprint density at radius 2 is 2.12 bits per heavy atom. The van der Waals surface area contributed by atoms with Crippen molar-refractivity contribution in [3.63, 3.8) is 0 Å². The van der Waals surface area contributed by atoms with E-state index in [0.717, 1.165) is 18.7 Å². The Balaban J connectivity index is 2.69. The van der Waals surface area contributed by atoms with E-state index >= 15 is 0 Å². The van der Waals surface area contributed by atoms with Crippen LogP contribution in [0.4, 0.5) is 10.1 Å². The summed E-state index contributed by atoms with van der Waals surface area (Å²) in [6.07, 6.45) is 5.10. The second-order valence-electron chi connectivity index (χ2n) is 4.33. The molecule has 90 valence electrons. The molecule has 16 heavy (non-hydrogen) atoms. The molecule has 0 atom stereocenters. The molecule has 0 amide bonds. The number of halogens is 1. The molecule has 2 nitrogen and oxygen atoms in total. The minimum atomic E-state index is -0.404. The molecule has 0 bridgehead atoms. The molecule has 1 rings (SSSR count).